The highest BCUT2D eigenvalue weighted by atomic mass is 16.5. The van der Waals surface area contributed by atoms with E-state index in [2.05, 4.69) is 34.0 Å². The fourth-order valence-corrected chi connectivity index (χ4v) is 3.83. The second kappa shape index (κ2) is 9.59. The van der Waals surface area contributed by atoms with E-state index in [-0.39, 0.29) is 6.10 Å². The van der Waals surface area contributed by atoms with Gasteiger partial charge in [0.2, 0.25) is 0 Å². The number of hydrogen-bond acceptors (Lipinski definition) is 5. The SMILES string of the molecule is C/C=N\C=C(/CC)c1cc2c(-c3ccc(OC4CCOCC4)c(C#N)c3)ccnc2[nH]1. The van der Waals surface area contributed by atoms with E-state index in [0.29, 0.717) is 24.5 Å². The number of aliphatic imine (C=N–C) groups is 1. The fourth-order valence-electron chi connectivity index (χ4n) is 3.83. The van der Waals surface area contributed by atoms with E-state index in [1.807, 2.05) is 37.4 Å². The van der Waals surface area contributed by atoms with E-state index in [1.54, 1.807) is 12.4 Å². The molecule has 1 fully saturated rings. The predicted molar refractivity (Wildman–Crippen MR) is 123 cm³/mol. The van der Waals surface area contributed by atoms with Gasteiger partial charge in [-0.2, -0.15) is 5.26 Å². The number of aromatic amines is 1. The van der Waals surface area contributed by atoms with Crippen molar-refractivity contribution < 1.29 is 9.47 Å². The summed E-state index contributed by atoms with van der Waals surface area (Å²) in [4.78, 5) is 12.2. The Morgan fingerprint density at radius 1 is 1.32 bits per heavy atom. The van der Waals surface area contributed by atoms with Gasteiger partial charge in [0.15, 0.2) is 0 Å². The molecule has 0 atom stereocenters. The standard InChI is InChI=1S/C25H26N4O2/c1-3-17(16-27-4-2)23-14-22-21(7-10-28-25(22)29-23)18-5-6-24(19(13-18)15-26)31-20-8-11-30-12-9-20/h4-7,10,13-14,16,20H,3,8-9,11-12H2,1-2H3,(H,28,29)/b17-16+,27-4-. The Hall–Kier alpha value is -3.43. The summed E-state index contributed by atoms with van der Waals surface area (Å²) in [5, 5.41) is 10.7. The Morgan fingerprint density at radius 2 is 2.16 bits per heavy atom. The topological polar surface area (TPSA) is 83.3 Å². The minimum atomic E-state index is 0.0941. The lowest BCUT2D eigenvalue weighted by Gasteiger charge is -2.23. The quantitative estimate of drug-likeness (QED) is 0.540. The maximum atomic E-state index is 9.73. The number of nitriles is 1. The summed E-state index contributed by atoms with van der Waals surface area (Å²) in [6.07, 6.45) is 8.08. The molecule has 1 saturated heterocycles. The van der Waals surface area contributed by atoms with Crippen molar-refractivity contribution in [3.8, 4) is 22.9 Å². The zero-order valence-electron chi connectivity index (χ0n) is 17.9. The molecule has 3 aromatic rings. The molecule has 31 heavy (non-hydrogen) atoms. The largest absolute Gasteiger partial charge is 0.489 e. The van der Waals surface area contributed by atoms with E-state index in [4.69, 9.17) is 9.47 Å². The first kappa shape index (κ1) is 20.8. The van der Waals surface area contributed by atoms with Crippen molar-refractivity contribution in [3.05, 3.63) is 54.0 Å². The normalized spacial score (nSPS) is 15.5. The number of H-pyrrole nitrogens is 1. The van der Waals surface area contributed by atoms with Crippen LogP contribution in [0.2, 0.25) is 0 Å². The molecule has 0 bridgehead atoms. The molecule has 2 aromatic heterocycles. The van der Waals surface area contributed by atoms with Gasteiger partial charge in [0.05, 0.1) is 18.8 Å². The van der Waals surface area contributed by atoms with Crippen molar-refractivity contribution in [2.45, 2.75) is 39.2 Å². The van der Waals surface area contributed by atoms with Gasteiger partial charge in [-0.25, -0.2) is 4.98 Å². The van der Waals surface area contributed by atoms with Crippen molar-refractivity contribution in [2.75, 3.05) is 13.2 Å². The summed E-state index contributed by atoms with van der Waals surface area (Å²) in [5.74, 6) is 0.631. The monoisotopic (exact) mass is 414 g/mol. The maximum Gasteiger partial charge on any atom is 0.138 e. The number of fused-ring (bicyclic) bond motifs is 1. The van der Waals surface area contributed by atoms with Gasteiger partial charge < -0.3 is 14.5 Å². The van der Waals surface area contributed by atoms with E-state index in [1.165, 1.54) is 0 Å². The van der Waals surface area contributed by atoms with Gasteiger partial charge in [0.25, 0.3) is 0 Å². The number of pyridine rings is 1. The van der Waals surface area contributed by atoms with Crippen LogP contribution < -0.4 is 4.74 Å². The van der Waals surface area contributed by atoms with Crippen LogP contribution in [0.1, 0.15) is 44.4 Å². The molecule has 0 unspecified atom stereocenters. The average Bonchev–Trinajstić information content (AvgIpc) is 3.25. The van der Waals surface area contributed by atoms with Crippen LogP contribution in [0.4, 0.5) is 0 Å². The van der Waals surface area contributed by atoms with Crippen LogP contribution in [0.5, 0.6) is 5.75 Å². The number of benzene rings is 1. The minimum absolute atomic E-state index is 0.0941. The van der Waals surface area contributed by atoms with E-state index in [0.717, 1.165) is 52.7 Å². The van der Waals surface area contributed by atoms with Crippen LogP contribution in [-0.2, 0) is 4.74 Å². The van der Waals surface area contributed by atoms with Gasteiger partial charge in [-0.1, -0.05) is 13.0 Å². The van der Waals surface area contributed by atoms with Crippen LogP contribution in [-0.4, -0.2) is 35.5 Å². The lowest BCUT2D eigenvalue weighted by atomic mass is 10.0. The summed E-state index contributed by atoms with van der Waals surface area (Å²) < 4.78 is 11.5. The maximum absolute atomic E-state index is 9.73. The first-order chi connectivity index (χ1) is 15.2. The van der Waals surface area contributed by atoms with E-state index in [9.17, 15) is 5.26 Å². The average molecular weight is 415 g/mol. The summed E-state index contributed by atoms with van der Waals surface area (Å²) in [7, 11) is 0. The van der Waals surface area contributed by atoms with Gasteiger partial charge in [-0.05, 0) is 54.3 Å². The van der Waals surface area contributed by atoms with Crippen molar-refractivity contribution in [2.24, 2.45) is 4.99 Å². The van der Waals surface area contributed by atoms with Crippen LogP contribution in [0, 0.1) is 11.3 Å². The zero-order valence-corrected chi connectivity index (χ0v) is 17.9. The number of nitrogens with zero attached hydrogens (tertiary/aromatic N) is 3. The van der Waals surface area contributed by atoms with E-state index >= 15 is 0 Å². The molecule has 1 aromatic carbocycles. The molecule has 0 saturated carbocycles. The number of aromatic nitrogens is 2. The molecule has 3 heterocycles. The van der Waals surface area contributed by atoms with E-state index < -0.39 is 0 Å². The van der Waals surface area contributed by atoms with Crippen LogP contribution >= 0.6 is 0 Å². The summed E-state index contributed by atoms with van der Waals surface area (Å²) in [6, 6.07) is 12.2. The summed E-state index contributed by atoms with van der Waals surface area (Å²) in [6.45, 7) is 5.41. The third-order valence-electron chi connectivity index (χ3n) is 5.51. The smallest absolute Gasteiger partial charge is 0.138 e. The van der Waals surface area contributed by atoms with Gasteiger partial charge in [0, 0.05) is 42.5 Å². The summed E-state index contributed by atoms with van der Waals surface area (Å²) >= 11 is 0. The van der Waals surface area contributed by atoms with Crippen LogP contribution in [0.15, 0.2) is 47.7 Å². The van der Waals surface area contributed by atoms with Crippen molar-refractivity contribution in [1.82, 2.24) is 9.97 Å². The molecule has 4 rings (SSSR count). The Morgan fingerprint density at radius 3 is 2.90 bits per heavy atom. The molecular formula is C25H26N4O2. The Balaban J connectivity index is 1.70. The first-order valence-electron chi connectivity index (χ1n) is 10.7. The lowest BCUT2D eigenvalue weighted by molar-refractivity contribution is 0.0254. The van der Waals surface area contributed by atoms with Gasteiger partial charge in [-0.15, -0.1) is 0 Å². The number of nitrogens with one attached hydrogen (secondary N) is 1. The molecular weight excluding hydrogens is 388 g/mol. The van der Waals surface area contributed by atoms with Crippen LogP contribution in [0.25, 0.3) is 27.7 Å². The van der Waals surface area contributed by atoms with Crippen molar-refractivity contribution in [3.63, 3.8) is 0 Å². The minimum Gasteiger partial charge on any atom is -0.489 e. The van der Waals surface area contributed by atoms with Gasteiger partial charge in [0.1, 0.15) is 23.6 Å². The predicted octanol–water partition coefficient (Wildman–Crippen LogP) is 5.50. The Labute approximate surface area is 182 Å². The highest BCUT2D eigenvalue weighted by Gasteiger charge is 2.18. The zero-order chi connectivity index (χ0) is 21.6. The molecule has 0 spiro atoms. The molecule has 0 amide bonds. The molecule has 1 aliphatic heterocycles. The van der Waals surface area contributed by atoms with Crippen molar-refractivity contribution in [1.29, 1.82) is 5.26 Å². The van der Waals surface area contributed by atoms with Gasteiger partial charge >= 0.3 is 0 Å². The highest BCUT2D eigenvalue weighted by molar-refractivity contribution is 5.95. The number of allylic oxidation sites excluding steroid dienone is 1. The molecule has 1 N–H and O–H groups in total. The summed E-state index contributed by atoms with van der Waals surface area (Å²) in [5.41, 5.74) is 5.45. The Bertz CT molecular complexity index is 1160. The molecule has 1 aliphatic rings. The first-order valence-corrected chi connectivity index (χ1v) is 10.7. The molecule has 0 radical (unpaired) electrons. The molecule has 158 valence electrons. The molecule has 6 heteroatoms. The number of rotatable bonds is 6. The van der Waals surface area contributed by atoms with Crippen molar-refractivity contribution >= 4 is 22.8 Å². The highest BCUT2D eigenvalue weighted by Crippen LogP contribution is 2.33. The lowest BCUT2D eigenvalue weighted by Crippen LogP contribution is -2.26. The third kappa shape index (κ3) is 4.52. The van der Waals surface area contributed by atoms with Gasteiger partial charge in [-0.3, -0.25) is 4.99 Å². The second-order valence-corrected chi connectivity index (χ2v) is 7.47. The number of hydrogen-bond donors (Lipinski definition) is 1. The third-order valence-corrected chi connectivity index (χ3v) is 5.51. The Kier molecular flexibility index (Phi) is 6.44. The second-order valence-electron chi connectivity index (χ2n) is 7.47. The molecule has 0 aliphatic carbocycles. The number of ether oxygens (including phenoxy) is 2. The van der Waals surface area contributed by atoms with Crippen LogP contribution in [0.3, 0.4) is 0 Å². The fraction of sp³-hybridized carbons (Fsp3) is 0.320. The molecule has 6 nitrogen and oxygen atoms in total.